The lowest BCUT2D eigenvalue weighted by Crippen LogP contribution is -1.97. The monoisotopic (exact) mass is 206 g/mol. The van der Waals surface area contributed by atoms with Gasteiger partial charge in [0.2, 0.25) is 0 Å². The Hall–Kier alpha value is -1.44. The zero-order valence-corrected chi connectivity index (χ0v) is 9.36. The van der Waals surface area contributed by atoms with Crippen LogP contribution in [0.2, 0.25) is 0 Å². The first-order chi connectivity index (χ1) is 7.24. The van der Waals surface area contributed by atoms with Crippen LogP contribution in [0.15, 0.2) is 30.9 Å². The van der Waals surface area contributed by atoms with Gasteiger partial charge in [-0.15, -0.1) is 6.58 Å². The molecule has 0 radical (unpaired) electrons. The summed E-state index contributed by atoms with van der Waals surface area (Å²) in [6.45, 7) is 5.84. The van der Waals surface area contributed by atoms with Gasteiger partial charge in [-0.2, -0.15) is 0 Å². The molecule has 0 spiro atoms. The molecule has 1 aromatic carbocycles. The molecule has 1 aromatic rings. The molecule has 0 saturated carbocycles. The standard InChI is InChI=1S/C13H18O2/c1-4-7-10(5-2)11-8-6-9-12(15-3)13(11)14/h4,6,8-10,14H,1,5,7H2,2-3H3. The molecule has 0 amide bonds. The highest BCUT2D eigenvalue weighted by atomic mass is 16.5. The van der Waals surface area contributed by atoms with E-state index in [-0.39, 0.29) is 5.75 Å². The molecule has 0 bridgehead atoms. The van der Waals surface area contributed by atoms with Gasteiger partial charge in [0.15, 0.2) is 11.5 Å². The van der Waals surface area contributed by atoms with Crippen molar-refractivity contribution in [1.29, 1.82) is 0 Å². The Labute approximate surface area is 91.2 Å². The molecule has 1 atom stereocenters. The molecule has 0 aromatic heterocycles. The number of hydrogen-bond acceptors (Lipinski definition) is 2. The number of methoxy groups -OCH3 is 1. The second kappa shape index (κ2) is 5.44. The summed E-state index contributed by atoms with van der Waals surface area (Å²) in [6.07, 6.45) is 3.73. The van der Waals surface area contributed by atoms with E-state index in [2.05, 4.69) is 13.5 Å². The first kappa shape index (κ1) is 11.6. The summed E-state index contributed by atoms with van der Waals surface area (Å²) in [4.78, 5) is 0. The molecule has 0 aliphatic rings. The number of aromatic hydroxyl groups is 1. The highest BCUT2D eigenvalue weighted by Gasteiger charge is 2.14. The minimum absolute atomic E-state index is 0.258. The Balaban J connectivity index is 3.06. The van der Waals surface area contributed by atoms with Crippen LogP contribution in [0.25, 0.3) is 0 Å². The minimum atomic E-state index is 0.258. The lowest BCUT2D eigenvalue weighted by atomic mass is 9.92. The summed E-state index contributed by atoms with van der Waals surface area (Å²) in [5.74, 6) is 1.11. The van der Waals surface area contributed by atoms with Crippen LogP contribution in [0.3, 0.4) is 0 Å². The molecule has 0 heterocycles. The van der Waals surface area contributed by atoms with Crippen molar-refractivity contribution >= 4 is 0 Å². The summed E-state index contributed by atoms with van der Waals surface area (Å²) in [5, 5.41) is 9.96. The smallest absolute Gasteiger partial charge is 0.161 e. The SMILES string of the molecule is C=CCC(CC)c1cccc(OC)c1O. The van der Waals surface area contributed by atoms with E-state index in [1.165, 1.54) is 0 Å². The van der Waals surface area contributed by atoms with Crippen molar-refractivity contribution < 1.29 is 9.84 Å². The number of benzene rings is 1. The van der Waals surface area contributed by atoms with Crippen molar-refractivity contribution in [2.24, 2.45) is 0 Å². The number of rotatable bonds is 5. The number of phenols is 1. The van der Waals surface area contributed by atoms with Crippen LogP contribution in [0.5, 0.6) is 11.5 Å². The van der Waals surface area contributed by atoms with Crippen LogP contribution in [0.4, 0.5) is 0 Å². The van der Waals surface area contributed by atoms with Crippen LogP contribution >= 0.6 is 0 Å². The maximum atomic E-state index is 9.96. The number of hydrogen-bond donors (Lipinski definition) is 1. The van der Waals surface area contributed by atoms with E-state index in [0.717, 1.165) is 18.4 Å². The van der Waals surface area contributed by atoms with E-state index in [9.17, 15) is 5.11 Å². The van der Waals surface area contributed by atoms with Crippen LogP contribution in [0.1, 0.15) is 31.2 Å². The van der Waals surface area contributed by atoms with Crippen molar-refractivity contribution in [3.05, 3.63) is 36.4 Å². The van der Waals surface area contributed by atoms with Crippen LogP contribution in [0, 0.1) is 0 Å². The van der Waals surface area contributed by atoms with Crippen molar-refractivity contribution in [1.82, 2.24) is 0 Å². The lowest BCUT2D eigenvalue weighted by Gasteiger charge is -2.16. The topological polar surface area (TPSA) is 29.5 Å². The molecular weight excluding hydrogens is 188 g/mol. The molecule has 2 nitrogen and oxygen atoms in total. The zero-order chi connectivity index (χ0) is 11.3. The normalized spacial score (nSPS) is 12.1. The van der Waals surface area contributed by atoms with E-state index in [0.29, 0.717) is 11.7 Å². The molecule has 0 fully saturated rings. The molecule has 1 unspecified atom stereocenters. The fraction of sp³-hybridized carbons (Fsp3) is 0.385. The predicted molar refractivity (Wildman–Crippen MR) is 62.5 cm³/mol. The number of allylic oxidation sites excluding steroid dienone is 1. The van der Waals surface area contributed by atoms with E-state index < -0.39 is 0 Å². The van der Waals surface area contributed by atoms with E-state index in [4.69, 9.17) is 4.74 Å². The van der Waals surface area contributed by atoms with E-state index in [1.807, 2.05) is 18.2 Å². The summed E-state index contributed by atoms with van der Waals surface area (Å²) < 4.78 is 5.08. The molecular formula is C13H18O2. The summed E-state index contributed by atoms with van der Waals surface area (Å²) >= 11 is 0. The molecule has 82 valence electrons. The number of phenolic OH excluding ortho intramolecular Hbond substituents is 1. The Morgan fingerprint density at radius 1 is 1.53 bits per heavy atom. The van der Waals surface area contributed by atoms with Gasteiger partial charge in [-0.3, -0.25) is 0 Å². The fourth-order valence-corrected chi connectivity index (χ4v) is 1.75. The minimum Gasteiger partial charge on any atom is -0.504 e. The zero-order valence-electron chi connectivity index (χ0n) is 9.36. The molecule has 0 aliphatic heterocycles. The molecule has 0 aliphatic carbocycles. The first-order valence-corrected chi connectivity index (χ1v) is 5.21. The lowest BCUT2D eigenvalue weighted by molar-refractivity contribution is 0.368. The maximum Gasteiger partial charge on any atom is 0.161 e. The summed E-state index contributed by atoms with van der Waals surface area (Å²) in [7, 11) is 1.56. The highest BCUT2D eigenvalue weighted by molar-refractivity contribution is 5.47. The third kappa shape index (κ3) is 2.52. The van der Waals surface area contributed by atoms with Gasteiger partial charge >= 0.3 is 0 Å². The molecule has 1 rings (SSSR count). The number of ether oxygens (including phenoxy) is 1. The average Bonchev–Trinajstić information content (AvgIpc) is 2.27. The van der Waals surface area contributed by atoms with E-state index in [1.54, 1.807) is 13.2 Å². The second-order valence-corrected chi connectivity index (χ2v) is 3.53. The van der Waals surface area contributed by atoms with Gasteiger partial charge in [-0.25, -0.2) is 0 Å². The largest absolute Gasteiger partial charge is 0.504 e. The molecule has 15 heavy (non-hydrogen) atoms. The second-order valence-electron chi connectivity index (χ2n) is 3.53. The van der Waals surface area contributed by atoms with Crippen molar-refractivity contribution in [2.45, 2.75) is 25.7 Å². The molecule has 1 N–H and O–H groups in total. The van der Waals surface area contributed by atoms with Crippen molar-refractivity contribution in [2.75, 3.05) is 7.11 Å². The van der Waals surface area contributed by atoms with Gasteiger partial charge in [-0.1, -0.05) is 25.1 Å². The van der Waals surface area contributed by atoms with Gasteiger partial charge in [-0.05, 0) is 24.8 Å². The van der Waals surface area contributed by atoms with Crippen molar-refractivity contribution in [3.63, 3.8) is 0 Å². The third-order valence-electron chi connectivity index (χ3n) is 2.63. The summed E-state index contributed by atoms with van der Waals surface area (Å²) in [5.41, 5.74) is 0.941. The molecule has 2 heteroatoms. The van der Waals surface area contributed by atoms with E-state index >= 15 is 0 Å². The third-order valence-corrected chi connectivity index (χ3v) is 2.63. The Kier molecular flexibility index (Phi) is 4.22. The highest BCUT2D eigenvalue weighted by Crippen LogP contribution is 2.37. The van der Waals surface area contributed by atoms with Crippen LogP contribution in [-0.4, -0.2) is 12.2 Å². The number of para-hydroxylation sites is 1. The Morgan fingerprint density at radius 2 is 2.27 bits per heavy atom. The Morgan fingerprint density at radius 3 is 2.80 bits per heavy atom. The van der Waals surface area contributed by atoms with Gasteiger partial charge < -0.3 is 9.84 Å². The van der Waals surface area contributed by atoms with Crippen LogP contribution < -0.4 is 4.74 Å². The summed E-state index contributed by atoms with van der Waals surface area (Å²) in [6, 6.07) is 5.61. The fourth-order valence-electron chi connectivity index (χ4n) is 1.75. The predicted octanol–water partition coefficient (Wildman–Crippen LogP) is 3.47. The maximum absolute atomic E-state index is 9.96. The van der Waals surface area contributed by atoms with Gasteiger partial charge in [0.05, 0.1) is 7.11 Å². The van der Waals surface area contributed by atoms with Gasteiger partial charge in [0.25, 0.3) is 0 Å². The first-order valence-electron chi connectivity index (χ1n) is 5.21. The average molecular weight is 206 g/mol. The molecule has 0 saturated heterocycles. The van der Waals surface area contributed by atoms with Crippen molar-refractivity contribution in [3.8, 4) is 11.5 Å². The quantitative estimate of drug-likeness (QED) is 0.747. The van der Waals surface area contributed by atoms with Gasteiger partial charge in [0.1, 0.15) is 0 Å². The Bertz CT molecular complexity index is 331. The van der Waals surface area contributed by atoms with Gasteiger partial charge in [0, 0.05) is 5.56 Å². The van der Waals surface area contributed by atoms with Crippen LogP contribution in [-0.2, 0) is 0 Å².